The molecule has 2 heterocycles. The van der Waals surface area contributed by atoms with Gasteiger partial charge in [-0.25, -0.2) is 0 Å². The topological polar surface area (TPSA) is 24.9 Å². The van der Waals surface area contributed by atoms with Crippen molar-refractivity contribution in [3.05, 3.63) is 46.4 Å². The lowest BCUT2D eigenvalue weighted by atomic mass is 10.1. The summed E-state index contributed by atoms with van der Waals surface area (Å²) < 4.78 is 0. The Morgan fingerprint density at radius 3 is 3.00 bits per heavy atom. The zero-order chi connectivity index (χ0) is 11.4. The predicted molar refractivity (Wildman–Crippen MR) is 70.1 cm³/mol. The molecule has 0 spiro atoms. The van der Waals surface area contributed by atoms with Crippen molar-refractivity contribution in [1.29, 1.82) is 0 Å². The first-order chi connectivity index (χ1) is 7.75. The molecular formula is C13H16N2S. The molecule has 3 heteroatoms. The van der Waals surface area contributed by atoms with Gasteiger partial charge < -0.3 is 5.32 Å². The Labute approximate surface area is 100 Å². The van der Waals surface area contributed by atoms with Gasteiger partial charge in [-0.05, 0) is 54.3 Å². The third kappa shape index (κ3) is 2.83. The summed E-state index contributed by atoms with van der Waals surface area (Å²) in [6, 6.07) is 4.64. The van der Waals surface area contributed by atoms with Crippen LogP contribution in [0.4, 0.5) is 5.69 Å². The van der Waals surface area contributed by atoms with Gasteiger partial charge in [0, 0.05) is 12.2 Å². The number of hydrogen-bond donors (Lipinski definition) is 1. The summed E-state index contributed by atoms with van der Waals surface area (Å²) in [6.07, 6.45) is 4.77. The van der Waals surface area contributed by atoms with Crippen molar-refractivity contribution >= 4 is 17.0 Å². The van der Waals surface area contributed by atoms with Crippen LogP contribution in [0.1, 0.15) is 18.1 Å². The minimum atomic E-state index is 0.428. The molecule has 0 aromatic carbocycles. The Hall–Kier alpha value is -1.35. The molecule has 1 unspecified atom stereocenters. The predicted octanol–water partition coefficient (Wildman–Crippen LogP) is 3.49. The first kappa shape index (κ1) is 11.1. The smallest absolute Gasteiger partial charge is 0.0558 e. The molecular weight excluding hydrogens is 216 g/mol. The van der Waals surface area contributed by atoms with Crippen molar-refractivity contribution in [2.24, 2.45) is 0 Å². The van der Waals surface area contributed by atoms with E-state index in [1.165, 1.54) is 11.1 Å². The average molecular weight is 232 g/mol. The van der Waals surface area contributed by atoms with Gasteiger partial charge in [-0.3, -0.25) is 4.98 Å². The van der Waals surface area contributed by atoms with E-state index in [1.807, 2.05) is 18.5 Å². The van der Waals surface area contributed by atoms with Gasteiger partial charge in [0.1, 0.15) is 0 Å². The molecule has 0 radical (unpaired) electrons. The standard InChI is InChI=1S/C13H16N2S/c1-10-3-5-14-8-13(10)15-11(2)7-12-4-6-16-9-12/h3-6,8-9,11,15H,7H2,1-2H3. The second-order valence-corrected chi connectivity index (χ2v) is 4.85. The van der Waals surface area contributed by atoms with Gasteiger partial charge in [-0.1, -0.05) is 0 Å². The molecule has 0 saturated carbocycles. The molecule has 84 valence electrons. The van der Waals surface area contributed by atoms with Crippen molar-refractivity contribution in [2.75, 3.05) is 5.32 Å². The Morgan fingerprint density at radius 1 is 1.44 bits per heavy atom. The van der Waals surface area contributed by atoms with Gasteiger partial charge in [-0.15, -0.1) is 0 Å². The highest BCUT2D eigenvalue weighted by molar-refractivity contribution is 7.07. The number of anilines is 1. The highest BCUT2D eigenvalue weighted by atomic mass is 32.1. The first-order valence-electron chi connectivity index (χ1n) is 5.44. The molecule has 0 aliphatic carbocycles. The van der Waals surface area contributed by atoms with Crippen molar-refractivity contribution < 1.29 is 0 Å². The van der Waals surface area contributed by atoms with Crippen LogP contribution in [0.25, 0.3) is 0 Å². The number of rotatable bonds is 4. The zero-order valence-corrected chi connectivity index (χ0v) is 10.4. The van der Waals surface area contributed by atoms with Crippen LogP contribution in [-0.4, -0.2) is 11.0 Å². The van der Waals surface area contributed by atoms with Crippen LogP contribution in [0, 0.1) is 6.92 Å². The van der Waals surface area contributed by atoms with Crippen molar-refractivity contribution in [3.63, 3.8) is 0 Å². The Balaban J connectivity index is 1.97. The van der Waals surface area contributed by atoms with Crippen molar-refractivity contribution in [1.82, 2.24) is 4.98 Å². The molecule has 0 bridgehead atoms. The van der Waals surface area contributed by atoms with E-state index < -0.39 is 0 Å². The fourth-order valence-electron chi connectivity index (χ4n) is 1.69. The van der Waals surface area contributed by atoms with E-state index in [2.05, 4.69) is 41.0 Å². The summed E-state index contributed by atoms with van der Waals surface area (Å²) in [4.78, 5) is 4.14. The average Bonchev–Trinajstić information content (AvgIpc) is 2.74. The number of thiophene rings is 1. The maximum absolute atomic E-state index is 4.14. The second-order valence-electron chi connectivity index (χ2n) is 4.07. The van der Waals surface area contributed by atoms with E-state index >= 15 is 0 Å². The van der Waals surface area contributed by atoms with Crippen LogP contribution in [-0.2, 0) is 6.42 Å². The quantitative estimate of drug-likeness (QED) is 0.872. The number of nitrogens with zero attached hydrogens (tertiary/aromatic N) is 1. The molecule has 2 aromatic rings. The molecule has 0 aliphatic rings. The van der Waals surface area contributed by atoms with Crippen LogP contribution < -0.4 is 5.32 Å². The summed E-state index contributed by atoms with van der Waals surface area (Å²) in [7, 11) is 0. The maximum atomic E-state index is 4.14. The molecule has 2 nitrogen and oxygen atoms in total. The number of aromatic nitrogens is 1. The lowest BCUT2D eigenvalue weighted by Crippen LogP contribution is -2.18. The van der Waals surface area contributed by atoms with Crippen LogP contribution in [0.3, 0.4) is 0 Å². The summed E-state index contributed by atoms with van der Waals surface area (Å²) >= 11 is 1.75. The normalized spacial score (nSPS) is 12.4. The molecule has 2 rings (SSSR count). The Kier molecular flexibility index (Phi) is 3.57. The van der Waals surface area contributed by atoms with E-state index in [-0.39, 0.29) is 0 Å². The molecule has 16 heavy (non-hydrogen) atoms. The molecule has 1 atom stereocenters. The molecule has 0 fully saturated rings. The highest BCUT2D eigenvalue weighted by Gasteiger charge is 2.05. The number of hydrogen-bond acceptors (Lipinski definition) is 3. The largest absolute Gasteiger partial charge is 0.381 e. The van der Waals surface area contributed by atoms with Gasteiger partial charge in [0.2, 0.25) is 0 Å². The van der Waals surface area contributed by atoms with Gasteiger partial charge in [-0.2, -0.15) is 11.3 Å². The lowest BCUT2D eigenvalue weighted by molar-refractivity contribution is 0.790. The minimum Gasteiger partial charge on any atom is -0.381 e. The van der Waals surface area contributed by atoms with Crippen molar-refractivity contribution in [2.45, 2.75) is 26.3 Å². The van der Waals surface area contributed by atoms with Crippen LogP contribution in [0.2, 0.25) is 0 Å². The summed E-state index contributed by atoms with van der Waals surface area (Å²) in [6.45, 7) is 4.30. The summed E-state index contributed by atoms with van der Waals surface area (Å²) in [5.74, 6) is 0. The van der Waals surface area contributed by atoms with Gasteiger partial charge in [0.15, 0.2) is 0 Å². The molecule has 0 saturated heterocycles. The fraction of sp³-hybridized carbons (Fsp3) is 0.308. The maximum Gasteiger partial charge on any atom is 0.0558 e. The number of pyridine rings is 1. The summed E-state index contributed by atoms with van der Waals surface area (Å²) in [5.41, 5.74) is 3.77. The number of nitrogens with one attached hydrogen (secondary N) is 1. The minimum absolute atomic E-state index is 0.428. The van der Waals surface area contributed by atoms with Gasteiger partial charge in [0.25, 0.3) is 0 Å². The van der Waals surface area contributed by atoms with Crippen LogP contribution >= 0.6 is 11.3 Å². The van der Waals surface area contributed by atoms with E-state index in [0.29, 0.717) is 6.04 Å². The fourth-order valence-corrected chi connectivity index (χ4v) is 2.38. The van der Waals surface area contributed by atoms with E-state index in [9.17, 15) is 0 Å². The van der Waals surface area contributed by atoms with E-state index in [0.717, 1.165) is 12.1 Å². The first-order valence-corrected chi connectivity index (χ1v) is 6.38. The third-order valence-electron chi connectivity index (χ3n) is 2.56. The van der Waals surface area contributed by atoms with Gasteiger partial charge >= 0.3 is 0 Å². The monoisotopic (exact) mass is 232 g/mol. The Bertz CT molecular complexity index is 437. The van der Waals surface area contributed by atoms with Crippen molar-refractivity contribution in [3.8, 4) is 0 Å². The van der Waals surface area contributed by atoms with Gasteiger partial charge in [0.05, 0.1) is 11.9 Å². The molecule has 2 aromatic heterocycles. The summed E-state index contributed by atoms with van der Waals surface area (Å²) in [5, 5.41) is 7.82. The lowest BCUT2D eigenvalue weighted by Gasteiger charge is -2.15. The highest BCUT2D eigenvalue weighted by Crippen LogP contribution is 2.15. The molecule has 0 amide bonds. The second kappa shape index (κ2) is 5.12. The van der Waals surface area contributed by atoms with E-state index in [1.54, 1.807) is 11.3 Å². The third-order valence-corrected chi connectivity index (χ3v) is 3.30. The molecule has 1 N–H and O–H groups in total. The number of aryl methyl sites for hydroxylation is 1. The SMILES string of the molecule is Cc1ccncc1NC(C)Cc1ccsc1. The Morgan fingerprint density at radius 2 is 2.31 bits per heavy atom. The van der Waals surface area contributed by atoms with E-state index in [4.69, 9.17) is 0 Å². The van der Waals surface area contributed by atoms with Crippen LogP contribution in [0.15, 0.2) is 35.3 Å². The van der Waals surface area contributed by atoms with Crippen LogP contribution in [0.5, 0.6) is 0 Å². The zero-order valence-electron chi connectivity index (χ0n) is 9.60. The molecule has 0 aliphatic heterocycles.